The summed E-state index contributed by atoms with van der Waals surface area (Å²) in [4.78, 5) is 27.5. The number of nitrogen functional groups attached to an aromatic ring is 1. The van der Waals surface area contributed by atoms with Crippen molar-refractivity contribution in [2.75, 3.05) is 5.73 Å². The molecule has 0 unspecified atom stereocenters. The normalized spacial score (nSPS) is 9.88. The molecule has 84 valence electrons. The fourth-order valence-electron chi connectivity index (χ4n) is 1.45. The molecule has 0 aliphatic heterocycles. The van der Waals surface area contributed by atoms with Crippen molar-refractivity contribution in [3.05, 3.63) is 59.9 Å². The van der Waals surface area contributed by atoms with Gasteiger partial charge in [0, 0.05) is 29.2 Å². The molecule has 2 aromatic rings. The molecule has 0 saturated heterocycles. The number of ketones is 2. The standard InChI is InChI=1S/C13H10N2O2/c14-11-3-1-2-10(8-11)13(17)12(16)9-4-6-15-7-5-9/h1-8H,14H2. The lowest BCUT2D eigenvalue weighted by Gasteiger charge is -2.01. The number of hydrogen-bond acceptors (Lipinski definition) is 4. The minimum atomic E-state index is -0.566. The molecule has 2 N–H and O–H groups in total. The first-order chi connectivity index (χ1) is 8.18. The molecule has 2 rings (SSSR count). The van der Waals surface area contributed by atoms with Crippen LogP contribution in [0.25, 0.3) is 0 Å². The maximum atomic E-state index is 11.9. The third-order valence-electron chi connectivity index (χ3n) is 2.30. The van der Waals surface area contributed by atoms with Gasteiger partial charge in [0.2, 0.25) is 11.6 Å². The summed E-state index contributed by atoms with van der Waals surface area (Å²) in [5.41, 5.74) is 6.64. The highest BCUT2D eigenvalue weighted by atomic mass is 16.2. The molecule has 1 aromatic carbocycles. The van der Waals surface area contributed by atoms with Crippen LogP contribution in [0.1, 0.15) is 20.7 Å². The van der Waals surface area contributed by atoms with Crippen LogP contribution < -0.4 is 5.73 Å². The largest absolute Gasteiger partial charge is 0.399 e. The van der Waals surface area contributed by atoms with E-state index in [2.05, 4.69) is 4.98 Å². The quantitative estimate of drug-likeness (QED) is 0.491. The Morgan fingerprint density at radius 2 is 1.59 bits per heavy atom. The van der Waals surface area contributed by atoms with Gasteiger partial charge in [-0.05, 0) is 24.3 Å². The first kappa shape index (κ1) is 11.0. The zero-order chi connectivity index (χ0) is 12.3. The molecule has 17 heavy (non-hydrogen) atoms. The molecule has 1 aromatic heterocycles. The predicted molar refractivity (Wildman–Crippen MR) is 63.8 cm³/mol. The van der Waals surface area contributed by atoms with Crippen molar-refractivity contribution in [1.29, 1.82) is 0 Å². The molecule has 0 fully saturated rings. The second kappa shape index (κ2) is 4.57. The van der Waals surface area contributed by atoms with E-state index in [0.717, 1.165) is 0 Å². The monoisotopic (exact) mass is 226 g/mol. The van der Waals surface area contributed by atoms with E-state index in [0.29, 0.717) is 16.8 Å². The van der Waals surface area contributed by atoms with Crippen molar-refractivity contribution >= 4 is 17.3 Å². The summed E-state index contributed by atoms with van der Waals surface area (Å²) >= 11 is 0. The minimum absolute atomic E-state index is 0.298. The second-order valence-corrected chi connectivity index (χ2v) is 3.52. The average Bonchev–Trinajstić information content (AvgIpc) is 2.38. The molecule has 0 bridgehead atoms. The predicted octanol–water partition coefficient (Wildman–Crippen LogP) is 1.73. The van der Waals surface area contributed by atoms with E-state index in [1.54, 1.807) is 18.2 Å². The Bertz CT molecular complexity index is 565. The molecule has 1 heterocycles. The highest BCUT2D eigenvalue weighted by Crippen LogP contribution is 2.10. The second-order valence-electron chi connectivity index (χ2n) is 3.52. The van der Waals surface area contributed by atoms with Gasteiger partial charge in [-0.1, -0.05) is 12.1 Å². The van der Waals surface area contributed by atoms with Gasteiger partial charge in [0.1, 0.15) is 0 Å². The van der Waals surface area contributed by atoms with E-state index in [-0.39, 0.29) is 0 Å². The van der Waals surface area contributed by atoms with Crippen molar-refractivity contribution < 1.29 is 9.59 Å². The Hall–Kier alpha value is -2.49. The van der Waals surface area contributed by atoms with Crippen molar-refractivity contribution in [2.45, 2.75) is 0 Å². The van der Waals surface area contributed by atoms with E-state index in [1.165, 1.54) is 30.6 Å². The molecule has 0 saturated carbocycles. The fourth-order valence-corrected chi connectivity index (χ4v) is 1.45. The first-order valence-corrected chi connectivity index (χ1v) is 5.03. The van der Waals surface area contributed by atoms with E-state index in [1.807, 2.05) is 0 Å². The highest BCUT2D eigenvalue weighted by molar-refractivity contribution is 6.49. The molecular weight excluding hydrogens is 216 g/mol. The van der Waals surface area contributed by atoms with Gasteiger partial charge in [-0.25, -0.2) is 0 Å². The Kier molecular flexibility index (Phi) is 2.96. The maximum Gasteiger partial charge on any atom is 0.233 e. The van der Waals surface area contributed by atoms with Crippen LogP contribution in [0.2, 0.25) is 0 Å². The van der Waals surface area contributed by atoms with Crippen LogP contribution in [0.4, 0.5) is 5.69 Å². The zero-order valence-corrected chi connectivity index (χ0v) is 8.96. The smallest absolute Gasteiger partial charge is 0.233 e. The number of nitrogens with zero attached hydrogens (tertiary/aromatic N) is 1. The van der Waals surface area contributed by atoms with Crippen molar-refractivity contribution in [3.63, 3.8) is 0 Å². The van der Waals surface area contributed by atoms with Gasteiger partial charge in [-0.15, -0.1) is 0 Å². The molecule has 0 aliphatic carbocycles. The summed E-state index contributed by atoms with van der Waals surface area (Å²) in [5, 5.41) is 0. The number of carbonyl (C=O) groups is 2. The molecule has 0 atom stereocenters. The molecule has 4 nitrogen and oxygen atoms in total. The van der Waals surface area contributed by atoms with Gasteiger partial charge < -0.3 is 5.73 Å². The first-order valence-electron chi connectivity index (χ1n) is 5.03. The fraction of sp³-hybridized carbons (Fsp3) is 0. The molecule has 0 radical (unpaired) electrons. The number of carbonyl (C=O) groups excluding carboxylic acids is 2. The summed E-state index contributed by atoms with van der Waals surface area (Å²) in [7, 11) is 0. The van der Waals surface area contributed by atoms with Crippen molar-refractivity contribution in [3.8, 4) is 0 Å². The zero-order valence-electron chi connectivity index (χ0n) is 8.96. The number of hydrogen-bond donors (Lipinski definition) is 1. The van der Waals surface area contributed by atoms with E-state index in [9.17, 15) is 9.59 Å². The molecule has 0 spiro atoms. The number of Topliss-reactive ketones (excluding diaryl/α,β-unsaturated/α-hetero) is 2. The Balaban J connectivity index is 2.30. The summed E-state index contributed by atoms with van der Waals surface area (Å²) in [6.07, 6.45) is 2.94. The van der Waals surface area contributed by atoms with Crippen LogP contribution >= 0.6 is 0 Å². The lowest BCUT2D eigenvalue weighted by molar-refractivity contribution is 0.0817. The molecule has 0 amide bonds. The lowest BCUT2D eigenvalue weighted by atomic mass is 10.0. The SMILES string of the molecule is Nc1cccc(C(=O)C(=O)c2ccncc2)c1. The summed E-state index contributed by atoms with van der Waals surface area (Å²) in [6.45, 7) is 0. The van der Waals surface area contributed by atoms with Crippen LogP contribution in [0, 0.1) is 0 Å². The lowest BCUT2D eigenvalue weighted by Crippen LogP contribution is -2.14. The van der Waals surface area contributed by atoms with Crippen LogP contribution in [0.3, 0.4) is 0 Å². The van der Waals surface area contributed by atoms with Crippen LogP contribution in [-0.2, 0) is 0 Å². The van der Waals surface area contributed by atoms with Gasteiger partial charge in [0.15, 0.2) is 0 Å². The van der Waals surface area contributed by atoms with Gasteiger partial charge in [0.05, 0.1) is 0 Å². The Morgan fingerprint density at radius 1 is 0.941 bits per heavy atom. The number of anilines is 1. The van der Waals surface area contributed by atoms with E-state index >= 15 is 0 Å². The van der Waals surface area contributed by atoms with Gasteiger partial charge >= 0.3 is 0 Å². The van der Waals surface area contributed by atoms with E-state index in [4.69, 9.17) is 5.73 Å². The third-order valence-corrected chi connectivity index (χ3v) is 2.30. The van der Waals surface area contributed by atoms with E-state index < -0.39 is 11.6 Å². The third kappa shape index (κ3) is 2.36. The minimum Gasteiger partial charge on any atom is -0.399 e. The summed E-state index contributed by atoms with van der Waals surface area (Å²) < 4.78 is 0. The number of nitrogens with two attached hydrogens (primary N) is 1. The van der Waals surface area contributed by atoms with Crippen molar-refractivity contribution in [1.82, 2.24) is 4.98 Å². The topological polar surface area (TPSA) is 73.1 Å². The molecule has 0 aliphatic rings. The van der Waals surface area contributed by atoms with Crippen LogP contribution in [-0.4, -0.2) is 16.6 Å². The summed E-state index contributed by atoms with van der Waals surface area (Å²) in [5.74, 6) is -1.12. The van der Waals surface area contributed by atoms with Gasteiger partial charge in [0.25, 0.3) is 0 Å². The number of rotatable bonds is 3. The van der Waals surface area contributed by atoms with Gasteiger partial charge in [-0.3, -0.25) is 14.6 Å². The van der Waals surface area contributed by atoms with Crippen LogP contribution in [0.5, 0.6) is 0 Å². The molecular formula is C13H10N2O2. The Labute approximate surface area is 98.1 Å². The number of benzene rings is 1. The highest BCUT2D eigenvalue weighted by Gasteiger charge is 2.17. The molecule has 4 heteroatoms. The summed E-state index contributed by atoms with van der Waals surface area (Å²) in [6, 6.07) is 9.37. The van der Waals surface area contributed by atoms with Gasteiger partial charge in [-0.2, -0.15) is 0 Å². The maximum absolute atomic E-state index is 11.9. The van der Waals surface area contributed by atoms with Crippen LogP contribution in [0.15, 0.2) is 48.8 Å². The van der Waals surface area contributed by atoms with Crippen molar-refractivity contribution in [2.24, 2.45) is 0 Å². The number of pyridine rings is 1. The average molecular weight is 226 g/mol. The Morgan fingerprint density at radius 3 is 2.24 bits per heavy atom. The number of aromatic nitrogens is 1.